The molecule has 13 heteroatoms. The van der Waals surface area contributed by atoms with Crippen LogP contribution in [-0.2, 0) is 51.8 Å². The van der Waals surface area contributed by atoms with Gasteiger partial charge in [-0.3, -0.25) is 30.6 Å². The number of ether oxygens (including phenoxy) is 2. The Morgan fingerprint density at radius 1 is 0.742 bits per heavy atom. The summed E-state index contributed by atoms with van der Waals surface area (Å²) in [6.07, 6.45) is 0. The Hall–Kier alpha value is -0.921. The first-order chi connectivity index (χ1) is 14.5. The van der Waals surface area contributed by atoms with E-state index in [1.165, 1.54) is 0 Å². The van der Waals surface area contributed by atoms with Crippen molar-refractivity contribution in [1.29, 1.82) is 0 Å². The van der Waals surface area contributed by atoms with Gasteiger partial charge in [0, 0.05) is 39.3 Å². The van der Waals surface area contributed by atoms with E-state index < -0.39 is 0 Å². The van der Waals surface area contributed by atoms with Gasteiger partial charge in [-0.25, -0.2) is 0 Å². The van der Waals surface area contributed by atoms with E-state index >= 15 is 0 Å². The number of amidine groups is 2. The maximum absolute atomic E-state index is 5.33. The summed E-state index contributed by atoms with van der Waals surface area (Å²) in [5, 5.41) is 9.17. The molecule has 179 valence electrons. The van der Waals surface area contributed by atoms with Gasteiger partial charge in [0.05, 0.1) is 50.9 Å². The summed E-state index contributed by atoms with van der Waals surface area (Å²) in [5.41, 5.74) is 6.95. The Kier molecular flexibility index (Phi) is 15.1. The SMILES string of the molecule is CC(=N\NC([S-])=NCCN1CCOCC1)/C(C)=N/NC([S-])=NCCN1CCOCC1.[Cu+2]. The number of hydrogen-bond donors (Lipinski definition) is 2. The van der Waals surface area contributed by atoms with Gasteiger partial charge in [-0.05, 0) is 24.2 Å². The number of hydrogen-bond acceptors (Lipinski definition) is 10. The summed E-state index contributed by atoms with van der Waals surface area (Å²) < 4.78 is 10.7. The second-order valence-electron chi connectivity index (χ2n) is 6.90. The van der Waals surface area contributed by atoms with Crippen LogP contribution in [0.3, 0.4) is 0 Å². The van der Waals surface area contributed by atoms with Crippen LogP contribution in [-0.4, -0.2) is 110 Å². The Bertz CT molecular complexity index is 582. The minimum atomic E-state index is 0. The molecule has 0 spiro atoms. The fraction of sp³-hybridized carbons (Fsp3) is 0.778. The number of nitrogens with zero attached hydrogens (tertiary/aromatic N) is 6. The van der Waals surface area contributed by atoms with Gasteiger partial charge in [0.15, 0.2) is 0 Å². The van der Waals surface area contributed by atoms with E-state index in [0.29, 0.717) is 34.8 Å². The molecular weight excluding hydrogens is 488 g/mol. The zero-order chi connectivity index (χ0) is 21.6. The van der Waals surface area contributed by atoms with Crippen molar-refractivity contribution in [3.63, 3.8) is 0 Å². The van der Waals surface area contributed by atoms with Gasteiger partial charge in [0.1, 0.15) is 0 Å². The van der Waals surface area contributed by atoms with Crippen LogP contribution in [0, 0.1) is 0 Å². The van der Waals surface area contributed by atoms with Crippen LogP contribution in [0.15, 0.2) is 20.2 Å². The third-order valence-corrected chi connectivity index (χ3v) is 5.15. The molecule has 0 saturated carbocycles. The third-order valence-electron chi connectivity index (χ3n) is 4.71. The van der Waals surface area contributed by atoms with Crippen molar-refractivity contribution in [2.24, 2.45) is 20.2 Å². The first kappa shape index (κ1) is 28.1. The van der Waals surface area contributed by atoms with Gasteiger partial charge in [0.25, 0.3) is 0 Å². The molecule has 1 radical (unpaired) electrons. The summed E-state index contributed by atoms with van der Waals surface area (Å²) in [5.74, 6) is 0. The van der Waals surface area contributed by atoms with Crippen LogP contribution < -0.4 is 10.9 Å². The van der Waals surface area contributed by atoms with Crippen molar-refractivity contribution in [3.8, 4) is 0 Å². The van der Waals surface area contributed by atoms with Crippen molar-refractivity contribution in [3.05, 3.63) is 0 Å². The van der Waals surface area contributed by atoms with Gasteiger partial charge < -0.3 is 34.7 Å². The van der Waals surface area contributed by atoms with Crippen molar-refractivity contribution in [2.75, 3.05) is 78.8 Å². The molecule has 31 heavy (non-hydrogen) atoms. The molecule has 0 amide bonds. The van der Waals surface area contributed by atoms with E-state index in [-0.39, 0.29) is 17.1 Å². The van der Waals surface area contributed by atoms with Gasteiger partial charge in [-0.15, -0.1) is 0 Å². The smallest absolute Gasteiger partial charge is 0.741 e. The minimum absolute atomic E-state index is 0. The Morgan fingerprint density at radius 2 is 1.10 bits per heavy atom. The van der Waals surface area contributed by atoms with Gasteiger partial charge in [-0.2, -0.15) is 10.2 Å². The molecule has 2 aliphatic heterocycles. The summed E-state index contributed by atoms with van der Waals surface area (Å²) in [7, 11) is 0. The van der Waals surface area contributed by atoms with E-state index in [4.69, 9.17) is 34.7 Å². The molecule has 2 N–H and O–H groups in total. The molecule has 0 aromatic heterocycles. The van der Waals surface area contributed by atoms with E-state index in [1.807, 2.05) is 13.8 Å². The van der Waals surface area contributed by atoms with Crippen LogP contribution in [0.1, 0.15) is 13.8 Å². The van der Waals surface area contributed by atoms with Crippen molar-refractivity contribution >= 4 is 47.0 Å². The molecule has 2 heterocycles. The number of morpholine rings is 2. The third kappa shape index (κ3) is 12.6. The maximum atomic E-state index is 5.33. The Labute approximate surface area is 206 Å². The van der Waals surface area contributed by atoms with Crippen molar-refractivity contribution in [1.82, 2.24) is 20.7 Å². The van der Waals surface area contributed by atoms with E-state index in [1.54, 1.807) is 0 Å². The number of aliphatic imine (C=N–C) groups is 2. The molecule has 10 nitrogen and oxygen atoms in total. The average molecular weight is 520 g/mol. The van der Waals surface area contributed by atoms with Gasteiger partial charge >= 0.3 is 17.1 Å². The molecule has 2 rings (SSSR count). The number of rotatable bonds is 9. The summed E-state index contributed by atoms with van der Waals surface area (Å²) in [6, 6.07) is 0. The molecular formula is C18H32CuN8O2S2. The molecule has 0 atom stereocenters. The predicted octanol–water partition coefficient (Wildman–Crippen LogP) is -0.615. The average Bonchev–Trinajstić information content (AvgIpc) is 2.77. The van der Waals surface area contributed by atoms with Crippen LogP contribution in [0.4, 0.5) is 0 Å². The molecule has 2 saturated heterocycles. The molecule has 0 unspecified atom stereocenters. The van der Waals surface area contributed by atoms with Crippen molar-refractivity contribution < 1.29 is 26.5 Å². The van der Waals surface area contributed by atoms with Crippen LogP contribution in [0.25, 0.3) is 0 Å². The topological polar surface area (TPSA) is 98.4 Å². The fourth-order valence-electron chi connectivity index (χ4n) is 2.73. The molecule has 0 aromatic carbocycles. The monoisotopic (exact) mass is 519 g/mol. The molecule has 0 bridgehead atoms. The van der Waals surface area contributed by atoms with Crippen LogP contribution >= 0.6 is 0 Å². The number of hydrazone groups is 2. The molecule has 2 aliphatic rings. The number of nitrogens with one attached hydrogen (secondary N) is 2. The first-order valence-corrected chi connectivity index (χ1v) is 11.0. The largest absolute Gasteiger partial charge is 2.00 e. The van der Waals surface area contributed by atoms with E-state index in [9.17, 15) is 0 Å². The summed E-state index contributed by atoms with van der Waals surface area (Å²) in [4.78, 5) is 13.3. The van der Waals surface area contributed by atoms with Crippen LogP contribution in [0.5, 0.6) is 0 Å². The maximum Gasteiger partial charge on any atom is 2.00 e. The normalized spacial score (nSPS) is 20.3. The van der Waals surface area contributed by atoms with Gasteiger partial charge in [-0.1, -0.05) is 0 Å². The second kappa shape index (κ2) is 16.7. The summed E-state index contributed by atoms with van der Waals surface area (Å²) >= 11 is 10.4. The van der Waals surface area contributed by atoms with Crippen molar-refractivity contribution in [2.45, 2.75) is 13.8 Å². The predicted molar refractivity (Wildman–Crippen MR) is 126 cm³/mol. The zero-order valence-electron chi connectivity index (χ0n) is 18.1. The minimum Gasteiger partial charge on any atom is -0.741 e. The van der Waals surface area contributed by atoms with Crippen LogP contribution in [0.2, 0.25) is 0 Å². The van der Waals surface area contributed by atoms with E-state index in [2.05, 4.69) is 40.8 Å². The molecule has 0 aromatic rings. The summed E-state index contributed by atoms with van der Waals surface area (Å²) in [6.45, 7) is 13.6. The fourth-order valence-corrected chi connectivity index (χ4v) is 3.01. The van der Waals surface area contributed by atoms with Gasteiger partial charge in [0.2, 0.25) is 0 Å². The molecule has 0 aliphatic carbocycles. The molecule has 2 fully saturated rings. The first-order valence-electron chi connectivity index (χ1n) is 10.2. The second-order valence-corrected chi connectivity index (χ2v) is 7.67. The van der Waals surface area contributed by atoms with E-state index in [0.717, 1.165) is 65.7 Å². The Balaban J connectivity index is 0.00000480. The zero-order valence-corrected chi connectivity index (χ0v) is 20.7. The Morgan fingerprint density at radius 3 is 1.45 bits per heavy atom. The quantitative estimate of drug-likeness (QED) is 0.137. The standard InChI is InChI=1S/C18H34N8O2S2.Cu/c1-15(21-23-17(29)19-3-5-25-7-11-27-12-8-25)16(2)22-24-18(30)20-4-6-26-9-13-28-14-10-26;/h3-14H2,1-2H3,(H2,19,23,29)(H2,20,24,30);/q;+2/p-2/b21-15+,22-16+;.